The van der Waals surface area contributed by atoms with Gasteiger partial charge in [-0.25, -0.2) is 18.4 Å². The van der Waals surface area contributed by atoms with Crippen LogP contribution in [0.25, 0.3) is 0 Å². The Morgan fingerprint density at radius 3 is 2.63 bits per heavy atom. The predicted molar refractivity (Wildman–Crippen MR) is 69.2 cm³/mol. The second kappa shape index (κ2) is 7.22. The number of carbonyl (C=O) groups is 1. The van der Waals surface area contributed by atoms with Crippen LogP contribution in [0.1, 0.15) is 23.7 Å². The van der Waals surface area contributed by atoms with Gasteiger partial charge in [-0.3, -0.25) is 0 Å². The Balaban J connectivity index is 2.58. The van der Waals surface area contributed by atoms with Crippen molar-refractivity contribution in [2.24, 2.45) is 5.14 Å². The molecule has 0 aliphatic heterocycles. The van der Waals surface area contributed by atoms with E-state index in [9.17, 15) is 13.2 Å². The molecule has 0 amide bonds. The summed E-state index contributed by atoms with van der Waals surface area (Å²) in [6, 6.07) is 5.40. The Kier molecular flexibility index (Phi) is 5.94. The van der Waals surface area contributed by atoms with E-state index in [2.05, 4.69) is 0 Å². The number of primary sulfonamides is 1. The first-order valence-electron chi connectivity index (χ1n) is 5.83. The molecule has 7 heteroatoms. The molecule has 0 unspecified atom stereocenters. The van der Waals surface area contributed by atoms with Crippen LogP contribution in [0.5, 0.6) is 0 Å². The summed E-state index contributed by atoms with van der Waals surface area (Å²) in [4.78, 5) is 11.5. The Bertz CT molecular complexity index is 527. The highest BCUT2D eigenvalue weighted by Gasteiger charge is 2.12. The summed E-state index contributed by atoms with van der Waals surface area (Å²) in [7, 11) is -3.82. The number of benzene rings is 1. The molecule has 0 fully saturated rings. The lowest BCUT2D eigenvalue weighted by Crippen LogP contribution is -2.14. The van der Waals surface area contributed by atoms with Crippen LogP contribution >= 0.6 is 0 Å². The fourth-order valence-corrected chi connectivity index (χ4v) is 1.88. The summed E-state index contributed by atoms with van der Waals surface area (Å²) in [5.41, 5.74) is 0.141. The lowest BCUT2D eigenvalue weighted by atomic mass is 10.2. The van der Waals surface area contributed by atoms with Gasteiger partial charge in [0.15, 0.2) is 0 Å². The Labute approximate surface area is 112 Å². The van der Waals surface area contributed by atoms with E-state index in [1.54, 1.807) is 0 Å². The van der Waals surface area contributed by atoms with Crippen LogP contribution in [0.2, 0.25) is 0 Å². The fourth-order valence-electron chi connectivity index (χ4n) is 1.32. The van der Waals surface area contributed by atoms with Gasteiger partial charge in [0.1, 0.15) is 6.61 Å². The van der Waals surface area contributed by atoms with E-state index in [4.69, 9.17) is 14.6 Å². The molecule has 19 heavy (non-hydrogen) atoms. The minimum atomic E-state index is -3.82. The van der Waals surface area contributed by atoms with E-state index >= 15 is 0 Å². The van der Waals surface area contributed by atoms with Gasteiger partial charge < -0.3 is 9.47 Å². The maximum atomic E-state index is 11.6. The van der Waals surface area contributed by atoms with E-state index in [0.717, 1.165) is 6.42 Å². The van der Waals surface area contributed by atoms with Crippen molar-refractivity contribution in [2.75, 3.05) is 19.8 Å². The minimum absolute atomic E-state index is 0.121. The molecule has 0 radical (unpaired) electrons. The molecule has 1 aromatic carbocycles. The first-order chi connectivity index (χ1) is 8.95. The Morgan fingerprint density at radius 1 is 1.26 bits per heavy atom. The molecule has 0 aliphatic carbocycles. The summed E-state index contributed by atoms with van der Waals surface area (Å²) in [5.74, 6) is -0.606. The van der Waals surface area contributed by atoms with Crippen molar-refractivity contribution in [1.29, 1.82) is 0 Å². The molecular formula is C12H17NO5S. The maximum Gasteiger partial charge on any atom is 0.338 e. The van der Waals surface area contributed by atoms with Crippen LogP contribution in [-0.2, 0) is 19.5 Å². The van der Waals surface area contributed by atoms with Gasteiger partial charge in [-0.15, -0.1) is 0 Å². The van der Waals surface area contributed by atoms with Crippen molar-refractivity contribution in [2.45, 2.75) is 18.2 Å². The number of esters is 1. The van der Waals surface area contributed by atoms with Crippen molar-refractivity contribution >= 4 is 16.0 Å². The molecule has 0 heterocycles. The zero-order valence-corrected chi connectivity index (χ0v) is 11.5. The quantitative estimate of drug-likeness (QED) is 0.594. The molecule has 1 aromatic rings. The topological polar surface area (TPSA) is 95.7 Å². The Morgan fingerprint density at radius 2 is 2.00 bits per heavy atom. The molecule has 0 atom stereocenters. The van der Waals surface area contributed by atoms with E-state index < -0.39 is 16.0 Å². The second-order valence-electron chi connectivity index (χ2n) is 3.82. The smallest absolute Gasteiger partial charge is 0.338 e. The van der Waals surface area contributed by atoms with Crippen molar-refractivity contribution in [1.82, 2.24) is 0 Å². The van der Waals surface area contributed by atoms with Gasteiger partial charge in [0.2, 0.25) is 10.0 Å². The third-order valence-corrected chi connectivity index (χ3v) is 3.12. The number of carbonyl (C=O) groups excluding carboxylic acids is 1. The standard InChI is InChI=1S/C12H17NO5S/c1-2-6-17-7-8-18-12(14)10-4-3-5-11(9-10)19(13,15)16/h3-5,9H,2,6-8H2,1H3,(H2,13,15,16). The third-order valence-electron chi connectivity index (χ3n) is 2.21. The SMILES string of the molecule is CCCOCCOC(=O)c1cccc(S(N)(=O)=O)c1. The van der Waals surface area contributed by atoms with Crippen molar-refractivity contribution in [3.05, 3.63) is 29.8 Å². The molecule has 0 spiro atoms. The van der Waals surface area contributed by atoms with Crippen molar-refractivity contribution in [3.8, 4) is 0 Å². The van der Waals surface area contributed by atoms with E-state index in [1.165, 1.54) is 24.3 Å². The lowest BCUT2D eigenvalue weighted by Gasteiger charge is -2.06. The van der Waals surface area contributed by atoms with Gasteiger partial charge in [-0.2, -0.15) is 0 Å². The molecule has 106 valence electrons. The van der Waals surface area contributed by atoms with Gasteiger partial charge in [0.25, 0.3) is 0 Å². The molecule has 0 aliphatic rings. The van der Waals surface area contributed by atoms with Crippen LogP contribution in [0.4, 0.5) is 0 Å². The van der Waals surface area contributed by atoms with Gasteiger partial charge in [0.05, 0.1) is 17.1 Å². The number of hydrogen-bond donors (Lipinski definition) is 1. The number of rotatable bonds is 7. The monoisotopic (exact) mass is 287 g/mol. The highest BCUT2D eigenvalue weighted by molar-refractivity contribution is 7.89. The summed E-state index contributed by atoms with van der Waals surface area (Å²) >= 11 is 0. The number of sulfonamides is 1. The first-order valence-corrected chi connectivity index (χ1v) is 7.37. The van der Waals surface area contributed by atoms with E-state index in [0.29, 0.717) is 13.2 Å². The third kappa shape index (κ3) is 5.37. The van der Waals surface area contributed by atoms with Crippen LogP contribution in [0.3, 0.4) is 0 Å². The molecule has 2 N–H and O–H groups in total. The zero-order valence-electron chi connectivity index (χ0n) is 10.7. The van der Waals surface area contributed by atoms with E-state index in [-0.39, 0.29) is 17.1 Å². The average Bonchev–Trinajstić information content (AvgIpc) is 2.37. The molecule has 0 saturated carbocycles. The number of hydrogen-bond acceptors (Lipinski definition) is 5. The van der Waals surface area contributed by atoms with E-state index in [1.807, 2.05) is 6.92 Å². The van der Waals surface area contributed by atoms with Crippen LogP contribution < -0.4 is 5.14 Å². The summed E-state index contributed by atoms with van der Waals surface area (Å²) in [5, 5.41) is 4.98. The maximum absolute atomic E-state index is 11.6. The molecule has 0 aromatic heterocycles. The minimum Gasteiger partial charge on any atom is -0.460 e. The fraction of sp³-hybridized carbons (Fsp3) is 0.417. The van der Waals surface area contributed by atoms with Crippen molar-refractivity contribution in [3.63, 3.8) is 0 Å². The second-order valence-corrected chi connectivity index (χ2v) is 5.38. The average molecular weight is 287 g/mol. The van der Waals surface area contributed by atoms with Crippen LogP contribution in [0, 0.1) is 0 Å². The van der Waals surface area contributed by atoms with Crippen LogP contribution in [0.15, 0.2) is 29.2 Å². The van der Waals surface area contributed by atoms with Gasteiger partial charge in [0, 0.05) is 6.61 Å². The largest absolute Gasteiger partial charge is 0.460 e. The van der Waals surface area contributed by atoms with Gasteiger partial charge in [-0.05, 0) is 24.6 Å². The predicted octanol–water partition coefficient (Wildman–Crippen LogP) is 0.917. The molecule has 0 bridgehead atoms. The number of nitrogens with two attached hydrogens (primary N) is 1. The van der Waals surface area contributed by atoms with Gasteiger partial charge >= 0.3 is 5.97 Å². The first kappa shape index (κ1) is 15.6. The molecular weight excluding hydrogens is 270 g/mol. The Hall–Kier alpha value is -1.44. The van der Waals surface area contributed by atoms with Crippen LogP contribution in [-0.4, -0.2) is 34.2 Å². The zero-order chi connectivity index (χ0) is 14.3. The highest BCUT2D eigenvalue weighted by Crippen LogP contribution is 2.10. The van der Waals surface area contributed by atoms with Crippen molar-refractivity contribution < 1.29 is 22.7 Å². The number of ether oxygens (including phenoxy) is 2. The lowest BCUT2D eigenvalue weighted by molar-refractivity contribution is 0.0318. The summed E-state index contributed by atoms with van der Waals surface area (Å²) in [6.45, 7) is 3.02. The normalized spacial score (nSPS) is 11.3. The summed E-state index contributed by atoms with van der Waals surface area (Å²) < 4.78 is 32.4. The molecule has 1 rings (SSSR count). The molecule has 6 nitrogen and oxygen atoms in total. The highest BCUT2D eigenvalue weighted by atomic mass is 32.2. The summed E-state index contributed by atoms with van der Waals surface area (Å²) in [6.07, 6.45) is 0.893. The van der Waals surface area contributed by atoms with Gasteiger partial charge in [-0.1, -0.05) is 13.0 Å². The molecule has 0 saturated heterocycles.